The van der Waals surface area contributed by atoms with Crippen LogP contribution in [0.3, 0.4) is 0 Å². The normalized spacial score (nSPS) is 12.5. The third-order valence-corrected chi connectivity index (χ3v) is 4.29. The van der Waals surface area contributed by atoms with Crippen LogP contribution in [0.2, 0.25) is 0 Å². The second-order valence-electron chi connectivity index (χ2n) is 4.43. The van der Waals surface area contributed by atoms with Crippen molar-refractivity contribution in [2.24, 2.45) is 0 Å². The summed E-state index contributed by atoms with van der Waals surface area (Å²) in [5.41, 5.74) is 4.71. The molecule has 0 heterocycles. The Hall–Kier alpha value is -0.310. The van der Waals surface area contributed by atoms with Crippen LogP contribution in [0.1, 0.15) is 27.6 Å². The number of hydrogen-bond acceptors (Lipinski definition) is 0. The van der Waals surface area contributed by atoms with Crippen molar-refractivity contribution in [3.8, 4) is 0 Å². The molecule has 0 aromatic heterocycles. The van der Waals surface area contributed by atoms with Gasteiger partial charge in [0.1, 0.15) is 0 Å². The van der Waals surface area contributed by atoms with Crippen molar-refractivity contribution < 1.29 is 0 Å². The molecule has 1 atom stereocenters. The van der Waals surface area contributed by atoms with Gasteiger partial charge < -0.3 is 0 Å². The van der Waals surface area contributed by atoms with Gasteiger partial charge in [0.25, 0.3) is 0 Å². The van der Waals surface area contributed by atoms with Crippen LogP contribution >= 0.6 is 43.5 Å². The van der Waals surface area contributed by atoms with Crippen LogP contribution in [0.15, 0.2) is 45.3 Å². The van der Waals surface area contributed by atoms with E-state index in [1.54, 1.807) is 0 Å². The van der Waals surface area contributed by atoms with E-state index >= 15 is 0 Å². The van der Waals surface area contributed by atoms with Gasteiger partial charge in [0.05, 0.1) is 5.38 Å². The molecule has 0 radical (unpaired) electrons. The minimum Gasteiger partial charge on any atom is -0.113 e. The van der Waals surface area contributed by atoms with E-state index in [0.29, 0.717) is 0 Å². The quantitative estimate of drug-likeness (QED) is 0.541. The minimum absolute atomic E-state index is 0.126. The first-order valence-corrected chi connectivity index (χ1v) is 7.67. The Kier molecular flexibility index (Phi) is 4.52. The maximum absolute atomic E-state index is 6.61. The molecule has 0 fully saturated rings. The van der Waals surface area contributed by atoms with Crippen molar-refractivity contribution in [2.45, 2.75) is 19.2 Å². The van der Waals surface area contributed by atoms with E-state index in [4.69, 9.17) is 11.6 Å². The largest absolute Gasteiger partial charge is 0.113 e. The highest BCUT2D eigenvalue weighted by Crippen LogP contribution is 2.34. The zero-order chi connectivity index (χ0) is 13.3. The van der Waals surface area contributed by atoms with Crippen molar-refractivity contribution in [3.63, 3.8) is 0 Å². The lowest BCUT2D eigenvalue weighted by atomic mass is 9.98. The molecular formula is C15H13Br2Cl. The first-order valence-electron chi connectivity index (χ1n) is 5.64. The monoisotopic (exact) mass is 386 g/mol. The minimum atomic E-state index is -0.126. The molecule has 0 saturated carbocycles. The Balaban J connectivity index is 2.47. The molecule has 94 valence electrons. The van der Waals surface area contributed by atoms with Crippen molar-refractivity contribution >= 4 is 43.5 Å². The van der Waals surface area contributed by atoms with E-state index in [2.05, 4.69) is 76.0 Å². The van der Waals surface area contributed by atoms with Gasteiger partial charge in [-0.05, 0) is 48.7 Å². The van der Waals surface area contributed by atoms with E-state index in [0.717, 1.165) is 14.5 Å². The molecule has 0 nitrogen and oxygen atoms in total. The second-order valence-corrected chi connectivity index (χ2v) is 6.69. The zero-order valence-corrected chi connectivity index (χ0v) is 14.1. The average molecular weight is 389 g/mol. The molecule has 0 aliphatic heterocycles. The molecule has 0 amide bonds. The van der Waals surface area contributed by atoms with Crippen LogP contribution in [-0.4, -0.2) is 0 Å². The topological polar surface area (TPSA) is 0 Å². The molecule has 0 aliphatic carbocycles. The molecule has 0 N–H and O–H groups in total. The van der Waals surface area contributed by atoms with E-state index < -0.39 is 0 Å². The molecule has 2 aromatic carbocycles. The average Bonchev–Trinajstić information content (AvgIpc) is 2.30. The summed E-state index contributed by atoms with van der Waals surface area (Å²) in [7, 11) is 0. The summed E-state index contributed by atoms with van der Waals surface area (Å²) in [6.07, 6.45) is 0. The third kappa shape index (κ3) is 3.17. The van der Waals surface area contributed by atoms with Crippen LogP contribution in [0.5, 0.6) is 0 Å². The summed E-state index contributed by atoms with van der Waals surface area (Å²) in [5, 5.41) is -0.126. The van der Waals surface area contributed by atoms with E-state index in [1.165, 1.54) is 16.7 Å². The number of rotatable bonds is 2. The standard InChI is InChI=1S/C15H13Br2Cl/c1-9-3-4-10(2)14(5-9)15(18)11-6-12(16)8-13(17)7-11/h3-8,15H,1-2H3. The lowest BCUT2D eigenvalue weighted by molar-refractivity contribution is 1.10. The second kappa shape index (κ2) is 5.77. The predicted molar refractivity (Wildman–Crippen MR) is 85.5 cm³/mol. The molecule has 3 heteroatoms. The molecule has 2 rings (SSSR count). The van der Waals surface area contributed by atoms with Crippen LogP contribution < -0.4 is 0 Å². The highest BCUT2D eigenvalue weighted by molar-refractivity contribution is 9.11. The highest BCUT2D eigenvalue weighted by Gasteiger charge is 2.14. The SMILES string of the molecule is Cc1ccc(C)c(C(Cl)c2cc(Br)cc(Br)c2)c1. The first kappa shape index (κ1) is 14.1. The van der Waals surface area contributed by atoms with Gasteiger partial charge in [0, 0.05) is 8.95 Å². The van der Waals surface area contributed by atoms with Gasteiger partial charge in [-0.1, -0.05) is 55.6 Å². The Morgan fingerprint density at radius 2 is 1.56 bits per heavy atom. The van der Waals surface area contributed by atoms with Gasteiger partial charge in [0.2, 0.25) is 0 Å². The fourth-order valence-electron chi connectivity index (χ4n) is 1.93. The van der Waals surface area contributed by atoms with E-state index in [9.17, 15) is 0 Å². The van der Waals surface area contributed by atoms with Gasteiger partial charge in [-0.25, -0.2) is 0 Å². The molecule has 1 unspecified atom stereocenters. The third-order valence-electron chi connectivity index (χ3n) is 2.89. The van der Waals surface area contributed by atoms with Crippen LogP contribution in [0.4, 0.5) is 0 Å². The van der Waals surface area contributed by atoms with E-state index in [-0.39, 0.29) is 5.38 Å². The fourth-order valence-corrected chi connectivity index (χ4v) is 3.62. The maximum Gasteiger partial charge on any atom is 0.0838 e. The molecule has 18 heavy (non-hydrogen) atoms. The lowest BCUT2D eigenvalue weighted by Gasteiger charge is -2.15. The summed E-state index contributed by atoms with van der Waals surface area (Å²) >= 11 is 13.6. The molecule has 2 aromatic rings. The number of aryl methyl sites for hydroxylation is 2. The van der Waals surface area contributed by atoms with Crippen molar-refractivity contribution in [1.29, 1.82) is 0 Å². The highest BCUT2D eigenvalue weighted by atomic mass is 79.9. The molecule has 0 bridgehead atoms. The summed E-state index contributed by atoms with van der Waals surface area (Å²) in [5.74, 6) is 0. The zero-order valence-electron chi connectivity index (χ0n) is 10.2. The summed E-state index contributed by atoms with van der Waals surface area (Å²) in [6.45, 7) is 4.18. The molecular weight excluding hydrogens is 375 g/mol. The number of alkyl halides is 1. The first-order chi connectivity index (χ1) is 8.47. The van der Waals surface area contributed by atoms with Gasteiger partial charge in [-0.3, -0.25) is 0 Å². The Morgan fingerprint density at radius 3 is 2.17 bits per heavy atom. The molecule has 0 aliphatic rings. The van der Waals surface area contributed by atoms with Gasteiger partial charge in [0.15, 0.2) is 0 Å². The van der Waals surface area contributed by atoms with Crippen LogP contribution in [0.25, 0.3) is 0 Å². The smallest absolute Gasteiger partial charge is 0.0838 e. The van der Waals surface area contributed by atoms with Gasteiger partial charge >= 0.3 is 0 Å². The number of halogens is 3. The Bertz CT molecular complexity index is 558. The Morgan fingerprint density at radius 1 is 0.944 bits per heavy atom. The molecule has 0 spiro atoms. The van der Waals surface area contributed by atoms with Crippen LogP contribution in [0, 0.1) is 13.8 Å². The summed E-state index contributed by atoms with van der Waals surface area (Å²) in [6, 6.07) is 12.5. The summed E-state index contributed by atoms with van der Waals surface area (Å²) in [4.78, 5) is 0. The lowest BCUT2D eigenvalue weighted by Crippen LogP contribution is -1.97. The Labute approximate surface area is 130 Å². The molecule has 0 saturated heterocycles. The number of hydrogen-bond donors (Lipinski definition) is 0. The van der Waals surface area contributed by atoms with Gasteiger partial charge in [-0.2, -0.15) is 0 Å². The fraction of sp³-hybridized carbons (Fsp3) is 0.200. The van der Waals surface area contributed by atoms with Gasteiger partial charge in [-0.15, -0.1) is 11.6 Å². The van der Waals surface area contributed by atoms with Crippen LogP contribution in [-0.2, 0) is 0 Å². The predicted octanol–water partition coefficient (Wildman–Crippen LogP) is 6.16. The van der Waals surface area contributed by atoms with Crippen molar-refractivity contribution in [3.05, 3.63) is 67.6 Å². The van der Waals surface area contributed by atoms with Crippen molar-refractivity contribution in [1.82, 2.24) is 0 Å². The summed E-state index contributed by atoms with van der Waals surface area (Å²) < 4.78 is 2.06. The van der Waals surface area contributed by atoms with Crippen molar-refractivity contribution in [2.75, 3.05) is 0 Å². The van der Waals surface area contributed by atoms with E-state index in [1.807, 2.05) is 6.07 Å². The maximum atomic E-state index is 6.61. The number of benzene rings is 2.